The van der Waals surface area contributed by atoms with Crippen LogP contribution in [0.3, 0.4) is 0 Å². The quantitative estimate of drug-likeness (QED) is 0.735. The first-order valence-electron chi connectivity index (χ1n) is 6.57. The molecule has 0 heterocycles. The van der Waals surface area contributed by atoms with Crippen molar-refractivity contribution in [2.75, 3.05) is 17.7 Å². The molecule has 2 aromatic rings. The van der Waals surface area contributed by atoms with E-state index in [0.717, 1.165) is 5.56 Å². The number of nitrogen functional groups attached to an aromatic ring is 1. The maximum atomic E-state index is 11.9. The number of carbonyl (C=O) groups excluding carboxylic acids is 1. The molecule has 0 radical (unpaired) electrons. The molecule has 21 heavy (non-hydrogen) atoms. The number of nitrogens with one attached hydrogen (secondary N) is 1. The molecule has 4 N–H and O–H groups in total. The molecule has 1 amide bonds. The highest BCUT2D eigenvalue weighted by molar-refractivity contribution is 5.92. The second kappa shape index (κ2) is 6.76. The van der Waals surface area contributed by atoms with Crippen LogP contribution in [0.5, 0.6) is 5.75 Å². The Morgan fingerprint density at radius 2 is 2.05 bits per heavy atom. The van der Waals surface area contributed by atoms with E-state index in [4.69, 9.17) is 10.5 Å². The minimum Gasteiger partial charge on any atom is -0.483 e. The van der Waals surface area contributed by atoms with E-state index in [9.17, 15) is 9.90 Å². The number of carbonyl (C=O) groups is 1. The lowest BCUT2D eigenvalue weighted by molar-refractivity contribution is -0.118. The van der Waals surface area contributed by atoms with Gasteiger partial charge < -0.3 is 20.9 Å². The van der Waals surface area contributed by atoms with Gasteiger partial charge in [0.25, 0.3) is 5.91 Å². The van der Waals surface area contributed by atoms with Crippen molar-refractivity contribution in [1.82, 2.24) is 0 Å². The van der Waals surface area contributed by atoms with Gasteiger partial charge in [-0.25, -0.2) is 0 Å². The minimum atomic E-state index is -0.268. The maximum Gasteiger partial charge on any atom is 0.262 e. The van der Waals surface area contributed by atoms with Crippen molar-refractivity contribution in [1.29, 1.82) is 0 Å². The number of amides is 1. The van der Waals surface area contributed by atoms with Gasteiger partial charge in [-0.3, -0.25) is 4.79 Å². The summed E-state index contributed by atoms with van der Waals surface area (Å²) in [5, 5.41) is 12.0. The molecular formula is C16H18N2O3. The number of hydrogen-bond donors (Lipinski definition) is 3. The number of ether oxygens (including phenoxy) is 1. The second-order valence-corrected chi connectivity index (χ2v) is 4.68. The molecule has 0 aliphatic carbocycles. The van der Waals surface area contributed by atoms with Crippen molar-refractivity contribution in [2.24, 2.45) is 0 Å². The monoisotopic (exact) mass is 286 g/mol. The number of aryl methyl sites for hydroxylation is 1. The van der Waals surface area contributed by atoms with Crippen LogP contribution in [-0.2, 0) is 11.4 Å². The molecule has 5 nitrogen and oxygen atoms in total. The summed E-state index contributed by atoms with van der Waals surface area (Å²) in [6.07, 6.45) is 0. The molecule has 0 fully saturated rings. The molecule has 0 bridgehead atoms. The Morgan fingerprint density at radius 3 is 2.76 bits per heavy atom. The van der Waals surface area contributed by atoms with Crippen LogP contribution in [0.2, 0.25) is 0 Å². The fourth-order valence-corrected chi connectivity index (χ4v) is 1.93. The van der Waals surface area contributed by atoms with Crippen LogP contribution in [-0.4, -0.2) is 17.6 Å². The highest BCUT2D eigenvalue weighted by Crippen LogP contribution is 2.19. The van der Waals surface area contributed by atoms with Crippen molar-refractivity contribution < 1.29 is 14.6 Å². The van der Waals surface area contributed by atoms with Crippen LogP contribution < -0.4 is 15.8 Å². The Morgan fingerprint density at radius 1 is 1.29 bits per heavy atom. The Balaban J connectivity index is 1.96. The van der Waals surface area contributed by atoms with Gasteiger partial charge in [-0.15, -0.1) is 0 Å². The zero-order valence-corrected chi connectivity index (χ0v) is 11.8. The zero-order chi connectivity index (χ0) is 15.2. The topological polar surface area (TPSA) is 84.6 Å². The van der Waals surface area contributed by atoms with Crippen molar-refractivity contribution >= 4 is 17.3 Å². The lowest BCUT2D eigenvalue weighted by atomic mass is 10.2. The summed E-state index contributed by atoms with van der Waals surface area (Å²) in [4.78, 5) is 11.9. The molecule has 0 unspecified atom stereocenters. The van der Waals surface area contributed by atoms with Crippen molar-refractivity contribution in [3.63, 3.8) is 0 Å². The van der Waals surface area contributed by atoms with Crippen LogP contribution in [0.25, 0.3) is 0 Å². The summed E-state index contributed by atoms with van der Waals surface area (Å²) in [6, 6.07) is 12.3. The molecule has 2 aromatic carbocycles. The molecule has 110 valence electrons. The van der Waals surface area contributed by atoms with E-state index >= 15 is 0 Å². The molecule has 0 atom stereocenters. The molecular weight excluding hydrogens is 268 g/mol. The van der Waals surface area contributed by atoms with Crippen LogP contribution in [0.4, 0.5) is 11.4 Å². The van der Waals surface area contributed by atoms with E-state index in [0.29, 0.717) is 22.7 Å². The first-order valence-corrected chi connectivity index (χ1v) is 6.57. The number of para-hydroxylation sites is 1. The van der Waals surface area contributed by atoms with Gasteiger partial charge >= 0.3 is 0 Å². The van der Waals surface area contributed by atoms with Gasteiger partial charge in [0.15, 0.2) is 6.61 Å². The fourth-order valence-electron chi connectivity index (χ4n) is 1.93. The normalized spacial score (nSPS) is 10.2. The Hall–Kier alpha value is -2.53. The van der Waals surface area contributed by atoms with Crippen LogP contribution in [0.15, 0.2) is 42.5 Å². The number of rotatable bonds is 5. The molecule has 0 aliphatic heterocycles. The smallest absolute Gasteiger partial charge is 0.262 e. The standard InChI is InChI=1S/C16H18N2O3/c1-11-8-13(17)6-7-14(11)18-16(20)10-21-15-5-3-2-4-12(15)9-19/h2-8,19H,9-10,17H2,1H3,(H,18,20). The number of aliphatic hydroxyl groups is 1. The summed E-state index contributed by atoms with van der Waals surface area (Å²) < 4.78 is 5.43. The second-order valence-electron chi connectivity index (χ2n) is 4.68. The predicted octanol–water partition coefficient (Wildman–Crippen LogP) is 2.09. The number of nitrogens with two attached hydrogens (primary N) is 1. The van der Waals surface area contributed by atoms with Gasteiger partial charge in [0.2, 0.25) is 0 Å². The van der Waals surface area contributed by atoms with Crippen LogP contribution in [0, 0.1) is 6.92 Å². The van der Waals surface area contributed by atoms with E-state index in [2.05, 4.69) is 5.32 Å². The third-order valence-corrected chi connectivity index (χ3v) is 3.03. The number of anilines is 2. The van der Waals surface area contributed by atoms with Gasteiger partial charge in [0.05, 0.1) is 6.61 Å². The fraction of sp³-hybridized carbons (Fsp3) is 0.188. The average molecular weight is 286 g/mol. The van der Waals surface area contributed by atoms with Crippen LogP contribution in [0.1, 0.15) is 11.1 Å². The van der Waals surface area contributed by atoms with Crippen molar-refractivity contribution in [2.45, 2.75) is 13.5 Å². The van der Waals surface area contributed by atoms with E-state index in [1.807, 2.05) is 6.92 Å². The third-order valence-electron chi connectivity index (χ3n) is 3.03. The predicted molar refractivity (Wildman–Crippen MR) is 82.1 cm³/mol. The highest BCUT2D eigenvalue weighted by atomic mass is 16.5. The van der Waals surface area contributed by atoms with Crippen molar-refractivity contribution in [3.05, 3.63) is 53.6 Å². The largest absolute Gasteiger partial charge is 0.483 e. The third kappa shape index (κ3) is 3.97. The molecule has 0 aromatic heterocycles. The Kier molecular flexibility index (Phi) is 4.79. The van der Waals surface area contributed by atoms with Crippen LogP contribution >= 0.6 is 0 Å². The maximum absolute atomic E-state index is 11.9. The van der Waals surface area contributed by atoms with Gasteiger partial charge in [-0.1, -0.05) is 18.2 Å². The van der Waals surface area contributed by atoms with E-state index < -0.39 is 0 Å². The van der Waals surface area contributed by atoms with Gasteiger partial charge in [0, 0.05) is 16.9 Å². The molecule has 0 aliphatic rings. The number of hydrogen-bond acceptors (Lipinski definition) is 4. The van der Waals surface area contributed by atoms with E-state index in [1.165, 1.54) is 0 Å². The zero-order valence-electron chi connectivity index (χ0n) is 11.8. The SMILES string of the molecule is Cc1cc(N)ccc1NC(=O)COc1ccccc1CO. The van der Waals surface area contributed by atoms with Gasteiger partial charge in [0.1, 0.15) is 5.75 Å². The molecule has 0 saturated carbocycles. The minimum absolute atomic E-state index is 0.124. The first kappa shape index (κ1) is 14.9. The average Bonchev–Trinajstić information content (AvgIpc) is 2.48. The molecule has 2 rings (SSSR count). The Bertz CT molecular complexity index is 641. The van der Waals surface area contributed by atoms with E-state index in [-0.39, 0.29) is 19.1 Å². The van der Waals surface area contributed by atoms with Gasteiger partial charge in [-0.05, 0) is 36.8 Å². The summed E-state index contributed by atoms with van der Waals surface area (Å²) >= 11 is 0. The number of benzene rings is 2. The summed E-state index contributed by atoms with van der Waals surface area (Å²) in [6.45, 7) is 1.61. The lowest BCUT2D eigenvalue weighted by Crippen LogP contribution is -2.21. The first-order chi connectivity index (χ1) is 10.1. The lowest BCUT2D eigenvalue weighted by Gasteiger charge is -2.11. The molecule has 0 saturated heterocycles. The Labute approximate surface area is 123 Å². The summed E-state index contributed by atoms with van der Waals surface area (Å²) in [7, 11) is 0. The van der Waals surface area contributed by atoms with Crippen molar-refractivity contribution in [3.8, 4) is 5.75 Å². The summed E-state index contributed by atoms with van der Waals surface area (Å²) in [5.74, 6) is 0.236. The summed E-state index contributed by atoms with van der Waals surface area (Å²) in [5.41, 5.74) is 8.55. The molecule has 5 heteroatoms. The highest BCUT2D eigenvalue weighted by Gasteiger charge is 2.08. The molecule has 0 spiro atoms. The van der Waals surface area contributed by atoms with Gasteiger partial charge in [-0.2, -0.15) is 0 Å². The van der Waals surface area contributed by atoms with E-state index in [1.54, 1.807) is 42.5 Å². The number of aliphatic hydroxyl groups excluding tert-OH is 1.